The number of aliphatic hydroxyl groups excluding tert-OH is 1. The van der Waals surface area contributed by atoms with Gasteiger partial charge in [0.15, 0.2) is 0 Å². The van der Waals surface area contributed by atoms with E-state index in [2.05, 4.69) is 15.9 Å². The van der Waals surface area contributed by atoms with Crippen molar-refractivity contribution in [1.82, 2.24) is 4.90 Å². The van der Waals surface area contributed by atoms with Crippen LogP contribution in [0.2, 0.25) is 0 Å². The number of nitrogens with zero attached hydrogens (tertiary/aromatic N) is 1. The van der Waals surface area contributed by atoms with Gasteiger partial charge in [-0.2, -0.15) is 0 Å². The predicted molar refractivity (Wildman–Crippen MR) is 73.1 cm³/mol. The van der Waals surface area contributed by atoms with Gasteiger partial charge in [-0.25, -0.2) is 0 Å². The smallest absolute Gasteiger partial charge is 0.254 e. The van der Waals surface area contributed by atoms with Crippen molar-refractivity contribution in [2.24, 2.45) is 0 Å². The highest BCUT2D eigenvalue weighted by molar-refractivity contribution is 9.10. The summed E-state index contributed by atoms with van der Waals surface area (Å²) in [6.45, 7) is 2.59. The number of amides is 1. The highest BCUT2D eigenvalue weighted by Gasteiger charge is 2.28. The molecule has 0 saturated carbocycles. The molecule has 1 aliphatic rings. The lowest BCUT2D eigenvalue weighted by molar-refractivity contribution is -0.0858. The summed E-state index contributed by atoms with van der Waals surface area (Å²) < 4.78 is 6.04. The summed E-state index contributed by atoms with van der Waals surface area (Å²) in [5.41, 5.74) is 0.423. The second kappa shape index (κ2) is 5.90. The number of rotatable bonds is 2. The summed E-state index contributed by atoms with van der Waals surface area (Å²) in [5.74, 6) is -0.137. The van der Waals surface area contributed by atoms with Crippen LogP contribution in [0.1, 0.15) is 17.3 Å². The number of benzene rings is 1. The molecule has 5 nitrogen and oxygen atoms in total. The molecule has 0 radical (unpaired) electrons. The number of aromatic hydroxyl groups is 1. The molecule has 104 valence electrons. The van der Waals surface area contributed by atoms with E-state index in [0.717, 1.165) is 0 Å². The van der Waals surface area contributed by atoms with Gasteiger partial charge < -0.3 is 19.8 Å². The monoisotopic (exact) mass is 329 g/mol. The zero-order chi connectivity index (χ0) is 14.0. The largest absolute Gasteiger partial charge is 0.507 e. The van der Waals surface area contributed by atoms with Crippen LogP contribution in [-0.2, 0) is 4.74 Å². The quantitative estimate of drug-likeness (QED) is 0.859. The van der Waals surface area contributed by atoms with Crippen molar-refractivity contribution >= 4 is 21.8 Å². The number of aliphatic hydroxyl groups is 1. The molecule has 6 heteroatoms. The summed E-state index contributed by atoms with van der Waals surface area (Å²) in [6.07, 6.45) is -0.462. The third kappa shape index (κ3) is 3.26. The molecule has 1 fully saturated rings. The second-order valence-electron chi connectivity index (χ2n) is 4.63. The van der Waals surface area contributed by atoms with E-state index in [1.54, 1.807) is 17.0 Å². The van der Waals surface area contributed by atoms with Gasteiger partial charge in [-0.1, -0.05) is 0 Å². The number of hydrogen-bond acceptors (Lipinski definition) is 4. The molecule has 2 atom stereocenters. The maximum Gasteiger partial charge on any atom is 0.254 e. The third-order valence-corrected chi connectivity index (χ3v) is 3.68. The van der Waals surface area contributed by atoms with Crippen molar-refractivity contribution < 1.29 is 19.7 Å². The van der Waals surface area contributed by atoms with Gasteiger partial charge in [0.25, 0.3) is 5.91 Å². The molecule has 2 unspecified atom stereocenters. The van der Waals surface area contributed by atoms with E-state index >= 15 is 0 Å². The lowest BCUT2D eigenvalue weighted by Gasteiger charge is -2.36. The van der Waals surface area contributed by atoms with Crippen LogP contribution in [0.25, 0.3) is 0 Å². The highest BCUT2D eigenvalue weighted by atomic mass is 79.9. The highest BCUT2D eigenvalue weighted by Crippen LogP contribution is 2.25. The number of halogens is 1. The van der Waals surface area contributed by atoms with Crippen molar-refractivity contribution in [1.29, 1.82) is 0 Å². The maximum absolute atomic E-state index is 12.3. The van der Waals surface area contributed by atoms with Crippen molar-refractivity contribution in [3.63, 3.8) is 0 Å². The van der Waals surface area contributed by atoms with E-state index in [4.69, 9.17) is 9.84 Å². The average molecular weight is 330 g/mol. The minimum absolute atomic E-state index is 0.0332. The van der Waals surface area contributed by atoms with Gasteiger partial charge in [-0.05, 0) is 41.1 Å². The molecule has 19 heavy (non-hydrogen) atoms. The zero-order valence-corrected chi connectivity index (χ0v) is 12.1. The maximum atomic E-state index is 12.3. The molecule has 0 bridgehead atoms. The fraction of sp³-hybridized carbons (Fsp3) is 0.462. The molecule has 1 heterocycles. The fourth-order valence-corrected chi connectivity index (χ4v) is 2.39. The first-order valence-corrected chi connectivity index (χ1v) is 6.84. The van der Waals surface area contributed by atoms with Gasteiger partial charge in [0, 0.05) is 18.7 Å². The molecule has 1 aromatic carbocycles. The standard InChI is InChI=1S/C13H16BrNO4/c1-8-5-15(6-10(7-16)19-8)13(18)9-2-3-11(14)12(17)4-9/h2-4,8,10,16-17H,5-7H2,1H3. The average Bonchev–Trinajstić information content (AvgIpc) is 2.40. The fourth-order valence-electron chi connectivity index (χ4n) is 2.14. The lowest BCUT2D eigenvalue weighted by atomic mass is 10.1. The van der Waals surface area contributed by atoms with Gasteiger partial charge in [0.05, 0.1) is 23.3 Å². The van der Waals surface area contributed by atoms with Crippen molar-refractivity contribution in [2.45, 2.75) is 19.1 Å². The van der Waals surface area contributed by atoms with Crippen LogP contribution in [0.5, 0.6) is 5.75 Å². The molecule has 0 aromatic heterocycles. The number of ether oxygens (including phenoxy) is 1. The van der Waals surface area contributed by atoms with Crippen LogP contribution in [0.15, 0.2) is 22.7 Å². The molecular weight excluding hydrogens is 314 g/mol. The molecule has 2 rings (SSSR count). The topological polar surface area (TPSA) is 70.0 Å². The van der Waals surface area contributed by atoms with Crippen LogP contribution in [-0.4, -0.2) is 52.9 Å². The van der Waals surface area contributed by atoms with E-state index in [1.807, 2.05) is 6.92 Å². The summed E-state index contributed by atoms with van der Waals surface area (Å²) in [4.78, 5) is 14.0. The zero-order valence-electron chi connectivity index (χ0n) is 10.5. The first-order chi connectivity index (χ1) is 9.01. The van der Waals surface area contributed by atoms with Gasteiger partial charge in [-0.3, -0.25) is 4.79 Å². The van der Waals surface area contributed by atoms with Crippen molar-refractivity contribution in [3.05, 3.63) is 28.2 Å². The third-order valence-electron chi connectivity index (χ3n) is 3.01. The van der Waals surface area contributed by atoms with Crippen LogP contribution >= 0.6 is 15.9 Å². The van der Waals surface area contributed by atoms with E-state index in [9.17, 15) is 9.90 Å². The Morgan fingerprint density at radius 3 is 2.89 bits per heavy atom. The Bertz CT molecular complexity index is 480. The number of morpholine rings is 1. The summed E-state index contributed by atoms with van der Waals surface area (Å²) >= 11 is 3.18. The van der Waals surface area contributed by atoms with Gasteiger partial charge >= 0.3 is 0 Å². The Hall–Kier alpha value is -1.11. The van der Waals surface area contributed by atoms with E-state index in [-0.39, 0.29) is 30.5 Å². The van der Waals surface area contributed by atoms with E-state index in [0.29, 0.717) is 23.1 Å². The molecule has 0 aliphatic carbocycles. The SMILES string of the molecule is CC1CN(C(=O)c2ccc(Br)c(O)c2)CC(CO)O1. The van der Waals surface area contributed by atoms with Gasteiger partial charge in [0.1, 0.15) is 5.75 Å². The minimum Gasteiger partial charge on any atom is -0.507 e. The molecule has 2 N–H and O–H groups in total. The molecule has 1 saturated heterocycles. The molecular formula is C13H16BrNO4. The Balaban J connectivity index is 2.16. The Morgan fingerprint density at radius 1 is 1.53 bits per heavy atom. The van der Waals surface area contributed by atoms with Crippen LogP contribution in [0, 0.1) is 0 Å². The summed E-state index contributed by atoms with van der Waals surface area (Å²) in [5, 5.41) is 18.8. The second-order valence-corrected chi connectivity index (χ2v) is 5.48. The normalized spacial score (nSPS) is 23.4. The molecule has 1 aliphatic heterocycles. The van der Waals surface area contributed by atoms with Crippen molar-refractivity contribution in [3.8, 4) is 5.75 Å². The van der Waals surface area contributed by atoms with Crippen LogP contribution in [0.3, 0.4) is 0 Å². The van der Waals surface area contributed by atoms with Gasteiger partial charge in [-0.15, -0.1) is 0 Å². The number of phenolic OH excluding ortho intramolecular Hbond substituents is 1. The number of carbonyl (C=O) groups excluding carboxylic acids is 1. The minimum atomic E-state index is -0.350. The number of phenols is 1. The van der Waals surface area contributed by atoms with Gasteiger partial charge in [0.2, 0.25) is 0 Å². The lowest BCUT2D eigenvalue weighted by Crippen LogP contribution is -2.50. The number of hydrogen-bond donors (Lipinski definition) is 2. The predicted octanol–water partition coefficient (Wildman–Crippen LogP) is 1.38. The van der Waals surface area contributed by atoms with Crippen LogP contribution < -0.4 is 0 Å². The summed E-state index contributed by atoms with van der Waals surface area (Å²) in [6, 6.07) is 4.72. The Labute approximate surface area is 119 Å². The first kappa shape index (κ1) is 14.3. The van der Waals surface area contributed by atoms with E-state index in [1.165, 1.54) is 6.07 Å². The number of carbonyl (C=O) groups is 1. The Kier molecular flexibility index (Phi) is 4.44. The van der Waals surface area contributed by atoms with Crippen molar-refractivity contribution in [2.75, 3.05) is 19.7 Å². The Morgan fingerprint density at radius 2 is 2.26 bits per heavy atom. The summed E-state index contributed by atoms with van der Waals surface area (Å²) in [7, 11) is 0. The van der Waals surface area contributed by atoms with E-state index < -0.39 is 0 Å². The van der Waals surface area contributed by atoms with Crippen LogP contribution in [0.4, 0.5) is 0 Å². The molecule has 1 amide bonds. The molecule has 1 aromatic rings. The molecule has 0 spiro atoms. The first-order valence-electron chi connectivity index (χ1n) is 6.05.